The van der Waals surface area contributed by atoms with Crippen LogP contribution in [0.2, 0.25) is 0 Å². The van der Waals surface area contributed by atoms with E-state index in [0.717, 1.165) is 5.56 Å². The highest BCUT2D eigenvalue weighted by Gasteiger charge is 2.09. The minimum Gasteiger partial charge on any atom is -0.504 e. The number of phenols is 1. The number of ether oxygens (including phenoxy) is 1. The van der Waals surface area contributed by atoms with Crippen LogP contribution < -0.4 is 15.5 Å². The smallest absolute Gasteiger partial charge is 0.271 e. The third kappa shape index (κ3) is 5.23. The van der Waals surface area contributed by atoms with Crippen molar-refractivity contribution in [2.45, 2.75) is 6.92 Å². The first-order valence-electron chi connectivity index (χ1n) is 9.15. The summed E-state index contributed by atoms with van der Waals surface area (Å²) in [6, 6.07) is 18.5. The molecule has 0 aliphatic carbocycles. The summed E-state index contributed by atoms with van der Waals surface area (Å²) in [7, 11) is 1.45. The van der Waals surface area contributed by atoms with E-state index in [1.165, 1.54) is 19.4 Å². The maximum Gasteiger partial charge on any atom is 0.271 e. The van der Waals surface area contributed by atoms with Crippen molar-refractivity contribution in [2.24, 2.45) is 5.10 Å². The fraction of sp³-hybridized carbons (Fsp3) is 0.0870. The highest BCUT2D eigenvalue weighted by Crippen LogP contribution is 2.25. The monoisotopic (exact) mass is 403 g/mol. The summed E-state index contributed by atoms with van der Waals surface area (Å²) >= 11 is 0. The Labute approximate surface area is 174 Å². The molecule has 0 heterocycles. The number of rotatable bonds is 6. The number of hydrogen-bond donors (Lipinski definition) is 3. The molecule has 0 saturated heterocycles. The molecule has 3 rings (SSSR count). The molecule has 2 amide bonds. The minimum atomic E-state index is -0.427. The molecular weight excluding hydrogens is 382 g/mol. The molecule has 0 aliphatic rings. The van der Waals surface area contributed by atoms with Gasteiger partial charge in [-0.15, -0.1) is 0 Å². The summed E-state index contributed by atoms with van der Waals surface area (Å²) in [6.45, 7) is 1.91. The average Bonchev–Trinajstić information content (AvgIpc) is 2.75. The maximum absolute atomic E-state index is 12.4. The highest BCUT2D eigenvalue weighted by molar-refractivity contribution is 6.05. The van der Waals surface area contributed by atoms with Crippen LogP contribution in [0, 0.1) is 6.92 Å². The van der Waals surface area contributed by atoms with Gasteiger partial charge in [0, 0.05) is 16.8 Å². The molecule has 3 aromatic rings. The lowest BCUT2D eigenvalue weighted by Gasteiger charge is -2.07. The van der Waals surface area contributed by atoms with E-state index in [0.29, 0.717) is 28.1 Å². The Hall–Kier alpha value is -4.13. The van der Waals surface area contributed by atoms with Gasteiger partial charge >= 0.3 is 0 Å². The Morgan fingerprint density at radius 3 is 2.43 bits per heavy atom. The number of hydrazone groups is 1. The van der Waals surface area contributed by atoms with Crippen LogP contribution >= 0.6 is 0 Å². The van der Waals surface area contributed by atoms with Crippen LogP contribution in [0.4, 0.5) is 5.69 Å². The van der Waals surface area contributed by atoms with Crippen LogP contribution in [-0.4, -0.2) is 30.2 Å². The number of aryl methyl sites for hydroxylation is 1. The van der Waals surface area contributed by atoms with Crippen LogP contribution in [0.15, 0.2) is 71.8 Å². The molecule has 0 unspecified atom stereocenters. The quantitative estimate of drug-likeness (QED) is 0.431. The predicted octanol–water partition coefficient (Wildman–Crippen LogP) is 3.73. The van der Waals surface area contributed by atoms with Gasteiger partial charge in [-0.1, -0.05) is 23.8 Å². The van der Waals surface area contributed by atoms with Crippen molar-refractivity contribution >= 4 is 23.7 Å². The lowest BCUT2D eigenvalue weighted by molar-refractivity contribution is 0.0953. The number of anilines is 1. The zero-order valence-corrected chi connectivity index (χ0v) is 16.5. The maximum atomic E-state index is 12.4. The zero-order chi connectivity index (χ0) is 21.5. The van der Waals surface area contributed by atoms with Gasteiger partial charge in [0.15, 0.2) is 11.5 Å². The average molecular weight is 403 g/mol. The first-order valence-corrected chi connectivity index (χ1v) is 9.15. The molecule has 0 aliphatic heterocycles. The number of benzene rings is 3. The SMILES string of the molecule is COc1cc(/C=N\NC(=O)c2cccc(NC(=O)c3cccc(C)c3)c2)ccc1O. The standard InChI is InChI=1S/C23H21N3O4/c1-15-5-3-6-17(11-15)22(28)25-19-8-4-7-18(13-19)23(29)26-24-14-16-9-10-20(27)21(12-16)30-2/h3-14,27H,1-2H3,(H,25,28)(H,26,29)/b24-14-. The normalized spacial score (nSPS) is 10.6. The van der Waals surface area contributed by atoms with Crippen LogP contribution in [0.25, 0.3) is 0 Å². The van der Waals surface area contributed by atoms with Gasteiger partial charge in [-0.25, -0.2) is 5.43 Å². The Balaban J connectivity index is 1.65. The first-order chi connectivity index (χ1) is 14.5. The van der Waals surface area contributed by atoms with E-state index in [9.17, 15) is 14.7 Å². The summed E-state index contributed by atoms with van der Waals surface area (Å²) in [6.07, 6.45) is 1.43. The molecule has 0 bridgehead atoms. The van der Waals surface area contributed by atoms with Crippen molar-refractivity contribution in [2.75, 3.05) is 12.4 Å². The summed E-state index contributed by atoms with van der Waals surface area (Å²) in [5, 5.41) is 16.3. The van der Waals surface area contributed by atoms with Gasteiger partial charge in [0.1, 0.15) is 0 Å². The molecule has 0 fully saturated rings. The second-order valence-corrected chi connectivity index (χ2v) is 6.53. The van der Waals surface area contributed by atoms with E-state index in [-0.39, 0.29) is 11.7 Å². The van der Waals surface area contributed by atoms with Crippen molar-refractivity contribution in [1.29, 1.82) is 0 Å². The lowest BCUT2D eigenvalue weighted by Crippen LogP contribution is -2.18. The van der Waals surface area contributed by atoms with E-state index in [1.54, 1.807) is 48.5 Å². The fourth-order valence-electron chi connectivity index (χ4n) is 2.73. The molecule has 3 N–H and O–H groups in total. The van der Waals surface area contributed by atoms with Crippen molar-refractivity contribution in [1.82, 2.24) is 5.43 Å². The Morgan fingerprint density at radius 1 is 0.967 bits per heavy atom. The zero-order valence-electron chi connectivity index (χ0n) is 16.5. The Kier molecular flexibility index (Phi) is 6.44. The molecule has 0 saturated carbocycles. The molecule has 0 spiro atoms. The molecule has 0 radical (unpaired) electrons. The third-order valence-corrected chi connectivity index (χ3v) is 4.25. The van der Waals surface area contributed by atoms with E-state index < -0.39 is 5.91 Å². The van der Waals surface area contributed by atoms with E-state index in [4.69, 9.17) is 4.74 Å². The van der Waals surface area contributed by atoms with Crippen LogP contribution in [0.5, 0.6) is 11.5 Å². The molecule has 30 heavy (non-hydrogen) atoms. The van der Waals surface area contributed by atoms with Crippen molar-refractivity contribution in [3.05, 3.63) is 89.0 Å². The third-order valence-electron chi connectivity index (χ3n) is 4.25. The number of amides is 2. The molecule has 152 valence electrons. The largest absolute Gasteiger partial charge is 0.504 e. The summed E-state index contributed by atoms with van der Waals surface area (Å²) in [5.41, 5.74) is 5.45. The number of methoxy groups -OCH3 is 1. The number of carbonyl (C=O) groups excluding carboxylic acids is 2. The number of hydrogen-bond acceptors (Lipinski definition) is 5. The van der Waals surface area contributed by atoms with Crippen LogP contribution in [0.1, 0.15) is 31.8 Å². The van der Waals surface area contributed by atoms with E-state index >= 15 is 0 Å². The first kappa shape index (κ1) is 20.6. The second kappa shape index (κ2) is 9.38. The fourth-order valence-corrected chi connectivity index (χ4v) is 2.73. The molecule has 0 aromatic heterocycles. The minimum absolute atomic E-state index is 0.0169. The second-order valence-electron chi connectivity index (χ2n) is 6.53. The Bertz CT molecular complexity index is 1110. The van der Waals surface area contributed by atoms with Crippen LogP contribution in [-0.2, 0) is 0 Å². The van der Waals surface area contributed by atoms with Crippen LogP contribution in [0.3, 0.4) is 0 Å². The van der Waals surface area contributed by atoms with Gasteiger partial charge in [-0.2, -0.15) is 5.10 Å². The molecule has 7 heteroatoms. The Morgan fingerprint density at radius 2 is 1.70 bits per heavy atom. The van der Waals surface area contributed by atoms with E-state index in [2.05, 4.69) is 15.8 Å². The van der Waals surface area contributed by atoms with Crippen molar-refractivity contribution < 1.29 is 19.4 Å². The molecular formula is C23H21N3O4. The van der Waals surface area contributed by atoms with E-state index in [1.807, 2.05) is 19.1 Å². The summed E-state index contributed by atoms with van der Waals surface area (Å²) in [4.78, 5) is 24.8. The summed E-state index contributed by atoms with van der Waals surface area (Å²) < 4.78 is 5.03. The lowest BCUT2D eigenvalue weighted by atomic mass is 10.1. The van der Waals surface area contributed by atoms with Gasteiger partial charge in [-0.05, 0) is 61.0 Å². The number of phenolic OH excluding ortho intramolecular Hbond substituents is 1. The number of carbonyl (C=O) groups is 2. The highest BCUT2D eigenvalue weighted by atomic mass is 16.5. The van der Waals surface area contributed by atoms with Gasteiger partial charge in [-0.3, -0.25) is 9.59 Å². The van der Waals surface area contributed by atoms with Crippen molar-refractivity contribution in [3.8, 4) is 11.5 Å². The summed E-state index contributed by atoms with van der Waals surface area (Å²) in [5.74, 6) is -0.357. The topological polar surface area (TPSA) is 100 Å². The molecule has 0 atom stereocenters. The molecule has 7 nitrogen and oxygen atoms in total. The number of nitrogens with one attached hydrogen (secondary N) is 2. The predicted molar refractivity (Wildman–Crippen MR) is 115 cm³/mol. The van der Waals surface area contributed by atoms with Gasteiger partial charge in [0.2, 0.25) is 0 Å². The van der Waals surface area contributed by atoms with Gasteiger partial charge in [0.05, 0.1) is 13.3 Å². The van der Waals surface area contributed by atoms with Crippen molar-refractivity contribution in [3.63, 3.8) is 0 Å². The van der Waals surface area contributed by atoms with Gasteiger partial charge < -0.3 is 15.2 Å². The molecule has 3 aromatic carbocycles. The number of nitrogens with zero attached hydrogens (tertiary/aromatic N) is 1. The van der Waals surface area contributed by atoms with Gasteiger partial charge in [0.25, 0.3) is 11.8 Å². The number of aromatic hydroxyl groups is 1.